The molecule has 1 aromatic rings. The first-order chi connectivity index (χ1) is 10.1. The number of nitrogens with one attached hydrogen (secondary N) is 1. The summed E-state index contributed by atoms with van der Waals surface area (Å²) in [6.07, 6.45) is 4.39. The predicted octanol–water partition coefficient (Wildman–Crippen LogP) is 1.14. The monoisotopic (exact) mass is 294 g/mol. The van der Waals surface area contributed by atoms with E-state index in [-0.39, 0.29) is 19.0 Å². The zero-order chi connectivity index (χ0) is 14.4. The molecule has 1 amide bonds. The molecule has 114 valence electrons. The lowest BCUT2D eigenvalue weighted by Gasteiger charge is -2.19. The minimum Gasteiger partial charge on any atom is -0.424 e. The van der Waals surface area contributed by atoms with Crippen LogP contribution in [0.15, 0.2) is 4.42 Å². The number of rotatable bonds is 5. The fraction of sp³-hybridized carbons (Fsp3) is 0.786. The summed E-state index contributed by atoms with van der Waals surface area (Å²) in [4.78, 5) is 13.8. The Balaban J connectivity index is 1.35. The summed E-state index contributed by atoms with van der Waals surface area (Å²) in [5.41, 5.74) is -1.78. The van der Waals surface area contributed by atoms with Crippen LogP contribution < -0.4 is 5.32 Å². The van der Waals surface area contributed by atoms with Crippen LogP contribution in [0.25, 0.3) is 0 Å². The topological polar surface area (TPSA) is 71.3 Å². The minimum atomic E-state index is -1.78. The van der Waals surface area contributed by atoms with E-state index >= 15 is 0 Å². The normalized spacial score (nSPS) is 29.8. The van der Waals surface area contributed by atoms with Gasteiger partial charge < -0.3 is 9.73 Å². The highest BCUT2D eigenvalue weighted by molar-refractivity contribution is 5.86. The highest BCUT2D eigenvalue weighted by Crippen LogP contribution is 2.39. The van der Waals surface area contributed by atoms with Crippen molar-refractivity contribution < 1.29 is 13.6 Å². The van der Waals surface area contributed by atoms with Crippen LogP contribution in [0.2, 0.25) is 0 Å². The van der Waals surface area contributed by atoms with Crippen molar-refractivity contribution in [1.29, 1.82) is 0 Å². The maximum Gasteiger partial charge on any atom is 0.259 e. The highest BCUT2D eigenvalue weighted by atomic mass is 19.1. The van der Waals surface area contributed by atoms with Crippen LogP contribution in [0.4, 0.5) is 4.39 Å². The summed E-state index contributed by atoms with van der Waals surface area (Å²) < 4.78 is 20.3. The number of amides is 1. The average Bonchev–Trinajstić information content (AvgIpc) is 3.38. The van der Waals surface area contributed by atoms with Crippen LogP contribution in [0.1, 0.15) is 49.8 Å². The fourth-order valence-corrected chi connectivity index (χ4v) is 2.73. The molecule has 0 aromatic carbocycles. The van der Waals surface area contributed by atoms with Gasteiger partial charge in [-0.15, -0.1) is 10.2 Å². The first-order valence-corrected chi connectivity index (χ1v) is 7.67. The summed E-state index contributed by atoms with van der Waals surface area (Å²) in [6.45, 7) is 1.06. The van der Waals surface area contributed by atoms with E-state index in [9.17, 15) is 9.18 Å². The van der Waals surface area contributed by atoms with Gasteiger partial charge >= 0.3 is 0 Å². The Morgan fingerprint density at radius 2 is 2.19 bits per heavy atom. The van der Waals surface area contributed by atoms with Crippen molar-refractivity contribution >= 4 is 5.91 Å². The molecule has 2 saturated carbocycles. The number of carbonyl (C=O) groups excluding carboxylic acids is 1. The lowest BCUT2D eigenvalue weighted by atomic mass is 10.1. The lowest BCUT2D eigenvalue weighted by Crippen LogP contribution is -2.46. The SMILES string of the molecule is O=C(NC1CC1)C1(F)CCN(Cc2nnc(C3CC3)o2)C1. The van der Waals surface area contributed by atoms with Gasteiger partial charge in [0.1, 0.15) is 0 Å². The van der Waals surface area contributed by atoms with Crippen LogP contribution >= 0.6 is 0 Å². The lowest BCUT2D eigenvalue weighted by molar-refractivity contribution is -0.132. The molecular formula is C14H19FN4O2. The molecule has 1 atom stereocenters. The van der Waals surface area contributed by atoms with Gasteiger partial charge in [0.05, 0.1) is 6.54 Å². The molecule has 1 unspecified atom stereocenters. The highest BCUT2D eigenvalue weighted by Gasteiger charge is 2.46. The van der Waals surface area contributed by atoms with Crippen molar-refractivity contribution in [2.45, 2.75) is 56.3 Å². The Hall–Kier alpha value is -1.50. The number of hydrogen-bond donors (Lipinski definition) is 1. The predicted molar refractivity (Wildman–Crippen MR) is 71.2 cm³/mol. The third-order valence-electron chi connectivity index (χ3n) is 4.39. The van der Waals surface area contributed by atoms with Gasteiger partial charge in [0, 0.05) is 31.5 Å². The van der Waals surface area contributed by atoms with Crippen LogP contribution in [-0.2, 0) is 11.3 Å². The third-order valence-corrected chi connectivity index (χ3v) is 4.39. The van der Waals surface area contributed by atoms with E-state index in [4.69, 9.17) is 4.42 Å². The number of carbonyl (C=O) groups is 1. The van der Waals surface area contributed by atoms with E-state index in [2.05, 4.69) is 15.5 Å². The second-order valence-corrected chi connectivity index (χ2v) is 6.48. The van der Waals surface area contributed by atoms with Crippen molar-refractivity contribution in [3.8, 4) is 0 Å². The molecule has 21 heavy (non-hydrogen) atoms. The Morgan fingerprint density at radius 3 is 2.90 bits per heavy atom. The third kappa shape index (κ3) is 2.79. The zero-order valence-corrected chi connectivity index (χ0v) is 11.8. The summed E-state index contributed by atoms with van der Waals surface area (Å²) in [5, 5.41) is 10.8. The number of halogens is 1. The number of alkyl halides is 1. The van der Waals surface area contributed by atoms with Gasteiger partial charge in [-0.1, -0.05) is 0 Å². The minimum absolute atomic E-state index is 0.104. The van der Waals surface area contributed by atoms with Crippen molar-refractivity contribution in [1.82, 2.24) is 20.4 Å². The van der Waals surface area contributed by atoms with E-state index in [1.165, 1.54) is 0 Å². The van der Waals surface area contributed by atoms with Gasteiger partial charge in [0.15, 0.2) is 0 Å². The molecule has 7 heteroatoms. The Bertz CT molecular complexity index is 555. The van der Waals surface area contributed by atoms with Gasteiger partial charge in [-0.25, -0.2) is 4.39 Å². The molecule has 3 aliphatic rings. The molecule has 1 N–H and O–H groups in total. The van der Waals surface area contributed by atoms with E-state index < -0.39 is 11.6 Å². The quantitative estimate of drug-likeness (QED) is 0.881. The van der Waals surface area contributed by atoms with Crippen molar-refractivity contribution in [2.75, 3.05) is 13.1 Å². The van der Waals surface area contributed by atoms with Gasteiger partial charge in [-0.2, -0.15) is 0 Å². The Morgan fingerprint density at radius 1 is 1.38 bits per heavy atom. The van der Waals surface area contributed by atoms with Crippen LogP contribution in [0.3, 0.4) is 0 Å². The molecule has 0 bridgehead atoms. The molecule has 4 rings (SSSR count). The van der Waals surface area contributed by atoms with E-state index in [1.807, 2.05) is 4.90 Å². The zero-order valence-electron chi connectivity index (χ0n) is 11.8. The summed E-state index contributed by atoms with van der Waals surface area (Å²) >= 11 is 0. The summed E-state index contributed by atoms with van der Waals surface area (Å²) in [5.74, 6) is 1.18. The molecule has 1 saturated heterocycles. The van der Waals surface area contributed by atoms with Crippen molar-refractivity contribution in [3.63, 3.8) is 0 Å². The molecular weight excluding hydrogens is 275 g/mol. The molecule has 1 aromatic heterocycles. The van der Waals surface area contributed by atoms with E-state index in [1.54, 1.807) is 0 Å². The number of hydrogen-bond acceptors (Lipinski definition) is 5. The smallest absolute Gasteiger partial charge is 0.259 e. The van der Waals surface area contributed by atoms with Crippen LogP contribution in [0.5, 0.6) is 0 Å². The molecule has 1 aliphatic heterocycles. The Kier molecular flexibility index (Phi) is 2.99. The Labute approximate surface area is 122 Å². The van der Waals surface area contributed by atoms with Crippen LogP contribution in [-0.4, -0.2) is 45.8 Å². The molecule has 0 radical (unpaired) electrons. The number of likely N-dealkylation sites (tertiary alicyclic amines) is 1. The first-order valence-electron chi connectivity index (χ1n) is 7.67. The summed E-state index contributed by atoms with van der Waals surface area (Å²) in [7, 11) is 0. The van der Waals surface area contributed by atoms with Gasteiger partial charge in [-0.05, 0) is 25.7 Å². The maximum absolute atomic E-state index is 14.7. The van der Waals surface area contributed by atoms with Gasteiger partial charge in [-0.3, -0.25) is 9.69 Å². The molecule has 2 heterocycles. The first kappa shape index (κ1) is 13.2. The molecule has 3 fully saturated rings. The fourth-order valence-electron chi connectivity index (χ4n) is 2.73. The molecule has 2 aliphatic carbocycles. The second kappa shape index (κ2) is 4.76. The number of nitrogens with zero attached hydrogens (tertiary/aromatic N) is 3. The van der Waals surface area contributed by atoms with Gasteiger partial charge in [0.2, 0.25) is 17.5 Å². The standard InChI is InChI=1S/C14H19FN4O2/c15-14(13(20)16-10-3-4-10)5-6-19(8-14)7-11-17-18-12(21-11)9-1-2-9/h9-10H,1-8H2,(H,16,20). The molecule has 0 spiro atoms. The second-order valence-electron chi connectivity index (χ2n) is 6.48. The van der Waals surface area contributed by atoms with Crippen molar-refractivity contribution in [3.05, 3.63) is 11.8 Å². The van der Waals surface area contributed by atoms with Crippen molar-refractivity contribution in [2.24, 2.45) is 0 Å². The summed E-state index contributed by atoms with van der Waals surface area (Å²) in [6, 6.07) is 0.191. The van der Waals surface area contributed by atoms with E-state index in [0.717, 1.165) is 25.7 Å². The largest absolute Gasteiger partial charge is 0.424 e. The molecule has 6 nitrogen and oxygen atoms in total. The number of aromatic nitrogens is 2. The maximum atomic E-state index is 14.7. The van der Waals surface area contributed by atoms with Gasteiger partial charge in [0.25, 0.3) is 5.91 Å². The van der Waals surface area contributed by atoms with E-state index in [0.29, 0.717) is 30.8 Å². The average molecular weight is 294 g/mol. The van der Waals surface area contributed by atoms with Crippen LogP contribution in [0, 0.1) is 0 Å².